The molecule has 116 valence electrons. The van der Waals surface area contributed by atoms with Crippen molar-refractivity contribution in [2.45, 2.75) is 26.3 Å². The minimum absolute atomic E-state index is 0.0666. The summed E-state index contributed by atoms with van der Waals surface area (Å²) in [5.41, 5.74) is 0.0919. The van der Waals surface area contributed by atoms with E-state index < -0.39 is 23.2 Å². The largest absolute Gasteiger partial charge is 0.380 e. The van der Waals surface area contributed by atoms with E-state index in [1.165, 1.54) is 18.3 Å². The van der Waals surface area contributed by atoms with E-state index in [9.17, 15) is 13.6 Å². The number of nitrogens with one attached hydrogen (secondary N) is 2. The van der Waals surface area contributed by atoms with E-state index in [2.05, 4.69) is 15.6 Å². The Bertz CT molecular complexity index is 676. The Morgan fingerprint density at radius 2 is 1.77 bits per heavy atom. The molecule has 4 nitrogen and oxygen atoms in total. The summed E-state index contributed by atoms with van der Waals surface area (Å²) in [5, 5.41) is 5.40. The number of aromatic nitrogens is 1. The van der Waals surface area contributed by atoms with Crippen LogP contribution in [0.4, 0.5) is 20.2 Å². The molecular formula is C16H17F2N3O. The maximum atomic E-state index is 13.5. The van der Waals surface area contributed by atoms with E-state index in [4.69, 9.17) is 0 Å². The minimum atomic E-state index is -0.836. The third-order valence-electron chi connectivity index (χ3n) is 2.71. The first-order chi connectivity index (χ1) is 10.3. The molecule has 22 heavy (non-hydrogen) atoms. The van der Waals surface area contributed by atoms with Crippen molar-refractivity contribution in [3.63, 3.8) is 0 Å². The van der Waals surface area contributed by atoms with Gasteiger partial charge in [-0.05, 0) is 45.0 Å². The number of benzene rings is 1. The van der Waals surface area contributed by atoms with E-state index in [1.54, 1.807) is 6.07 Å². The fourth-order valence-electron chi connectivity index (χ4n) is 1.86. The first-order valence-corrected chi connectivity index (χ1v) is 6.76. The molecule has 0 aliphatic carbocycles. The van der Waals surface area contributed by atoms with Gasteiger partial charge in [-0.15, -0.1) is 0 Å². The highest BCUT2D eigenvalue weighted by atomic mass is 19.1. The number of carbonyl (C=O) groups is 1. The van der Waals surface area contributed by atoms with E-state index in [0.29, 0.717) is 5.69 Å². The van der Waals surface area contributed by atoms with E-state index in [-0.39, 0.29) is 11.2 Å². The van der Waals surface area contributed by atoms with Gasteiger partial charge in [0, 0.05) is 17.4 Å². The van der Waals surface area contributed by atoms with Crippen molar-refractivity contribution >= 4 is 17.3 Å². The van der Waals surface area contributed by atoms with Crippen LogP contribution in [-0.4, -0.2) is 16.4 Å². The van der Waals surface area contributed by atoms with E-state index in [1.807, 2.05) is 20.8 Å². The summed E-state index contributed by atoms with van der Waals surface area (Å²) in [6.07, 6.45) is 1.46. The fraction of sp³-hybridized carbons (Fsp3) is 0.250. The fourth-order valence-corrected chi connectivity index (χ4v) is 1.86. The van der Waals surface area contributed by atoms with Crippen LogP contribution in [0.3, 0.4) is 0 Å². The molecule has 0 saturated carbocycles. The van der Waals surface area contributed by atoms with Gasteiger partial charge in [-0.25, -0.2) is 8.78 Å². The SMILES string of the molecule is CC(C)(C)Nc1ccnc(C(=O)Nc2c(F)cccc2F)c1. The summed E-state index contributed by atoms with van der Waals surface area (Å²) in [6.45, 7) is 5.92. The second kappa shape index (κ2) is 6.09. The van der Waals surface area contributed by atoms with Gasteiger partial charge in [-0.2, -0.15) is 0 Å². The molecule has 0 aliphatic rings. The second-order valence-corrected chi connectivity index (χ2v) is 5.86. The quantitative estimate of drug-likeness (QED) is 0.906. The minimum Gasteiger partial charge on any atom is -0.380 e. The van der Waals surface area contributed by atoms with Crippen LogP contribution in [0.25, 0.3) is 0 Å². The molecular weight excluding hydrogens is 288 g/mol. The Morgan fingerprint density at radius 3 is 2.36 bits per heavy atom. The number of pyridine rings is 1. The number of carbonyl (C=O) groups excluding carboxylic acids is 1. The van der Waals surface area contributed by atoms with Crippen molar-refractivity contribution < 1.29 is 13.6 Å². The van der Waals surface area contributed by atoms with Gasteiger partial charge in [0.15, 0.2) is 0 Å². The molecule has 0 aliphatic heterocycles. The lowest BCUT2D eigenvalue weighted by Gasteiger charge is -2.22. The lowest BCUT2D eigenvalue weighted by molar-refractivity contribution is 0.102. The summed E-state index contributed by atoms with van der Waals surface area (Å²) in [7, 11) is 0. The number of anilines is 2. The molecule has 2 aromatic rings. The normalized spacial score (nSPS) is 11.1. The number of para-hydroxylation sites is 1. The molecule has 2 rings (SSSR count). The number of amides is 1. The Kier molecular flexibility index (Phi) is 4.40. The molecule has 1 heterocycles. The maximum absolute atomic E-state index is 13.5. The topological polar surface area (TPSA) is 54.0 Å². The predicted molar refractivity (Wildman–Crippen MR) is 81.9 cm³/mol. The first-order valence-electron chi connectivity index (χ1n) is 6.76. The van der Waals surface area contributed by atoms with Crippen molar-refractivity contribution in [3.05, 3.63) is 53.9 Å². The van der Waals surface area contributed by atoms with Crippen LogP contribution in [0, 0.1) is 11.6 Å². The third-order valence-corrected chi connectivity index (χ3v) is 2.71. The van der Waals surface area contributed by atoms with Crippen molar-refractivity contribution in [1.82, 2.24) is 4.98 Å². The standard InChI is InChI=1S/C16H17F2N3O/c1-16(2,3)21-10-7-8-19-13(9-10)15(22)20-14-11(17)5-4-6-12(14)18/h4-9H,1-3H3,(H,19,21)(H,20,22). The van der Waals surface area contributed by atoms with Gasteiger partial charge in [-0.1, -0.05) is 6.07 Å². The monoisotopic (exact) mass is 305 g/mol. The number of hydrogen-bond donors (Lipinski definition) is 2. The third kappa shape index (κ3) is 4.00. The first kappa shape index (κ1) is 15.9. The molecule has 2 N–H and O–H groups in total. The number of hydrogen-bond acceptors (Lipinski definition) is 3. The number of rotatable bonds is 3. The van der Waals surface area contributed by atoms with Crippen molar-refractivity contribution in [1.29, 1.82) is 0 Å². The second-order valence-electron chi connectivity index (χ2n) is 5.86. The van der Waals surface area contributed by atoms with Crippen LogP contribution in [0.15, 0.2) is 36.5 Å². The molecule has 0 bridgehead atoms. The van der Waals surface area contributed by atoms with Gasteiger partial charge in [0.1, 0.15) is 23.0 Å². The smallest absolute Gasteiger partial charge is 0.274 e. The van der Waals surface area contributed by atoms with Crippen molar-refractivity contribution in [2.24, 2.45) is 0 Å². The zero-order chi connectivity index (χ0) is 16.3. The van der Waals surface area contributed by atoms with Crippen LogP contribution in [0.2, 0.25) is 0 Å². The Hall–Kier alpha value is -2.50. The van der Waals surface area contributed by atoms with Gasteiger partial charge in [-0.3, -0.25) is 9.78 Å². The van der Waals surface area contributed by atoms with Crippen molar-refractivity contribution in [3.8, 4) is 0 Å². The van der Waals surface area contributed by atoms with Crippen LogP contribution >= 0.6 is 0 Å². The highest BCUT2D eigenvalue weighted by molar-refractivity contribution is 6.03. The van der Waals surface area contributed by atoms with Crippen LogP contribution in [0.5, 0.6) is 0 Å². The highest BCUT2D eigenvalue weighted by Crippen LogP contribution is 2.20. The summed E-state index contributed by atoms with van der Waals surface area (Å²) >= 11 is 0. The molecule has 0 atom stereocenters. The number of nitrogens with zero attached hydrogens (tertiary/aromatic N) is 1. The number of halogens is 2. The molecule has 0 saturated heterocycles. The van der Waals surface area contributed by atoms with Crippen molar-refractivity contribution in [2.75, 3.05) is 10.6 Å². The molecule has 0 radical (unpaired) electrons. The molecule has 1 aromatic heterocycles. The van der Waals surface area contributed by atoms with Crippen LogP contribution in [0.1, 0.15) is 31.3 Å². The Labute approximate surface area is 127 Å². The lowest BCUT2D eigenvalue weighted by Crippen LogP contribution is -2.26. The lowest BCUT2D eigenvalue weighted by atomic mass is 10.1. The maximum Gasteiger partial charge on any atom is 0.274 e. The summed E-state index contributed by atoms with van der Waals surface area (Å²) in [6, 6.07) is 6.62. The average Bonchev–Trinajstić information content (AvgIpc) is 2.41. The van der Waals surface area contributed by atoms with E-state index >= 15 is 0 Å². The molecule has 0 fully saturated rings. The molecule has 1 amide bonds. The highest BCUT2D eigenvalue weighted by Gasteiger charge is 2.16. The van der Waals surface area contributed by atoms with Gasteiger partial charge in [0.2, 0.25) is 0 Å². The molecule has 0 unspecified atom stereocenters. The summed E-state index contributed by atoms with van der Waals surface area (Å²) in [4.78, 5) is 16.0. The predicted octanol–water partition coefficient (Wildman–Crippen LogP) is 3.82. The van der Waals surface area contributed by atoms with Gasteiger partial charge < -0.3 is 10.6 Å². The van der Waals surface area contributed by atoms with E-state index in [0.717, 1.165) is 12.1 Å². The van der Waals surface area contributed by atoms with Crippen LogP contribution < -0.4 is 10.6 Å². The molecule has 6 heteroatoms. The van der Waals surface area contributed by atoms with Gasteiger partial charge in [0.25, 0.3) is 5.91 Å². The average molecular weight is 305 g/mol. The summed E-state index contributed by atoms with van der Waals surface area (Å²) < 4.78 is 27.1. The Morgan fingerprint density at radius 1 is 1.14 bits per heavy atom. The zero-order valence-electron chi connectivity index (χ0n) is 12.6. The summed E-state index contributed by atoms with van der Waals surface area (Å²) in [5.74, 6) is -2.35. The molecule has 1 aromatic carbocycles. The zero-order valence-corrected chi connectivity index (χ0v) is 12.6. The van der Waals surface area contributed by atoms with Gasteiger partial charge >= 0.3 is 0 Å². The van der Waals surface area contributed by atoms with Crippen LogP contribution in [-0.2, 0) is 0 Å². The van der Waals surface area contributed by atoms with Gasteiger partial charge in [0.05, 0.1) is 0 Å². The Balaban J connectivity index is 2.22. The molecule has 0 spiro atoms.